The number of sulfonamides is 1. The molecule has 24 heavy (non-hydrogen) atoms. The van der Waals surface area contributed by atoms with Crippen LogP contribution in [0.2, 0.25) is 0 Å². The highest BCUT2D eigenvalue weighted by Crippen LogP contribution is 2.07. The molecular weight excluding hydrogens is 326 g/mol. The van der Waals surface area contributed by atoms with Gasteiger partial charge in [-0.1, -0.05) is 36.4 Å². The lowest BCUT2D eigenvalue weighted by molar-refractivity contribution is -0.121. The van der Waals surface area contributed by atoms with Gasteiger partial charge in [0.25, 0.3) is 0 Å². The van der Waals surface area contributed by atoms with Gasteiger partial charge in [-0.05, 0) is 23.6 Å². The maximum absolute atomic E-state index is 12.0. The van der Waals surface area contributed by atoms with Gasteiger partial charge in [-0.3, -0.25) is 9.78 Å². The third kappa shape index (κ3) is 6.10. The standard InChI is InChI=1S/C17H21N3O3S/c1-24(22,23)20(13-16-8-5-10-18-12-16)14-17(21)19-11-9-15-6-3-2-4-7-15/h2-8,10,12H,9,11,13-14H2,1H3,(H,19,21). The van der Waals surface area contributed by atoms with Crippen molar-refractivity contribution in [2.75, 3.05) is 19.3 Å². The van der Waals surface area contributed by atoms with Crippen LogP contribution in [-0.4, -0.2) is 43.0 Å². The van der Waals surface area contributed by atoms with E-state index in [0.29, 0.717) is 13.0 Å². The summed E-state index contributed by atoms with van der Waals surface area (Å²) in [5.41, 5.74) is 1.85. The molecule has 7 heteroatoms. The first-order chi connectivity index (χ1) is 11.4. The Bertz CT molecular complexity index is 749. The zero-order valence-electron chi connectivity index (χ0n) is 13.6. The Morgan fingerprint density at radius 2 is 1.83 bits per heavy atom. The molecule has 1 amide bonds. The largest absolute Gasteiger partial charge is 0.355 e. The molecule has 1 aromatic heterocycles. The maximum atomic E-state index is 12.0. The van der Waals surface area contributed by atoms with Gasteiger partial charge >= 0.3 is 0 Å². The molecule has 0 radical (unpaired) electrons. The normalized spacial score (nSPS) is 11.4. The molecule has 0 aliphatic rings. The fourth-order valence-electron chi connectivity index (χ4n) is 2.19. The molecule has 0 aliphatic heterocycles. The topological polar surface area (TPSA) is 79.4 Å². The van der Waals surface area contributed by atoms with Crippen LogP contribution in [0.1, 0.15) is 11.1 Å². The lowest BCUT2D eigenvalue weighted by atomic mass is 10.1. The number of amides is 1. The minimum atomic E-state index is -3.49. The Hall–Kier alpha value is -2.25. The van der Waals surface area contributed by atoms with E-state index < -0.39 is 10.0 Å². The fourth-order valence-corrected chi connectivity index (χ4v) is 2.93. The quantitative estimate of drug-likeness (QED) is 0.778. The van der Waals surface area contributed by atoms with Gasteiger partial charge in [0.1, 0.15) is 0 Å². The zero-order valence-corrected chi connectivity index (χ0v) is 14.4. The van der Waals surface area contributed by atoms with E-state index in [-0.39, 0.29) is 19.0 Å². The smallest absolute Gasteiger partial charge is 0.235 e. The summed E-state index contributed by atoms with van der Waals surface area (Å²) < 4.78 is 24.9. The van der Waals surface area contributed by atoms with E-state index in [2.05, 4.69) is 10.3 Å². The average molecular weight is 347 g/mol. The number of aromatic nitrogens is 1. The minimum absolute atomic E-state index is 0.124. The summed E-state index contributed by atoms with van der Waals surface area (Å²) in [7, 11) is -3.49. The first kappa shape index (κ1) is 18.1. The van der Waals surface area contributed by atoms with Crippen molar-refractivity contribution in [3.8, 4) is 0 Å². The molecule has 0 atom stereocenters. The Balaban J connectivity index is 1.88. The highest BCUT2D eigenvalue weighted by atomic mass is 32.2. The minimum Gasteiger partial charge on any atom is -0.355 e. The van der Waals surface area contributed by atoms with Gasteiger partial charge in [0, 0.05) is 25.5 Å². The monoisotopic (exact) mass is 347 g/mol. The van der Waals surface area contributed by atoms with Crippen molar-refractivity contribution in [1.82, 2.24) is 14.6 Å². The third-order valence-corrected chi connectivity index (χ3v) is 4.65. The van der Waals surface area contributed by atoms with Crippen molar-refractivity contribution in [3.05, 3.63) is 66.0 Å². The molecule has 1 heterocycles. The zero-order chi connectivity index (χ0) is 17.4. The van der Waals surface area contributed by atoms with Crippen LogP contribution in [0.3, 0.4) is 0 Å². The molecular formula is C17H21N3O3S. The van der Waals surface area contributed by atoms with Crippen molar-refractivity contribution in [3.63, 3.8) is 0 Å². The van der Waals surface area contributed by atoms with E-state index in [9.17, 15) is 13.2 Å². The second-order valence-electron chi connectivity index (χ2n) is 5.48. The SMILES string of the molecule is CS(=O)(=O)N(CC(=O)NCCc1ccccc1)Cc1cccnc1. The van der Waals surface area contributed by atoms with Gasteiger partial charge in [-0.2, -0.15) is 4.31 Å². The van der Waals surface area contributed by atoms with E-state index in [1.165, 1.54) is 0 Å². The third-order valence-electron chi connectivity index (χ3n) is 3.45. The second kappa shape index (κ2) is 8.56. The first-order valence-corrected chi connectivity index (χ1v) is 9.44. The van der Waals surface area contributed by atoms with E-state index in [1.807, 2.05) is 30.3 Å². The van der Waals surface area contributed by atoms with Crippen LogP contribution < -0.4 is 5.32 Å². The Labute approximate surface area is 142 Å². The van der Waals surface area contributed by atoms with Gasteiger partial charge in [0.2, 0.25) is 15.9 Å². The molecule has 0 saturated heterocycles. The van der Waals surface area contributed by atoms with Crippen LogP contribution in [0.25, 0.3) is 0 Å². The lowest BCUT2D eigenvalue weighted by Gasteiger charge is -2.19. The number of hydrogen-bond donors (Lipinski definition) is 1. The number of nitrogens with one attached hydrogen (secondary N) is 1. The first-order valence-electron chi connectivity index (χ1n) is 7.60. The molecule has 1 aromatic carbocycles. The summed E-state index contributed by atoms with van der Waals surface area (Å²) in [4.78, 5) is 16.0. The predicted octanol–water partition coefficient (Wildman–Crippen LogP) is 1.20. The lowest BCUT2D eigenvalue weighted by Crippen LogP contribution is -2.40. The molecule has 6 nitrogen and oxygen atoms in total. The number of nitrogens with zero attached hydrogens (tertiary/aromatic N) is 2. The van der Waals surface area contributed by atoms with E-state index in [0.717, 1.165) is 21.7 Å². The predicted molar refractivity (Wildman–Crippen MR) is 92.6 cm³/mol. The number of benzene rings is 1. The Morgan fingerprint density at radius 1 is 1.12 bits per heavy atom. The maximum Gasteiger partial charge on any atom is 0.235 e. The Kier molecular flexibility index (Phi) is 6.45. The van der Waals surface area contributed by atoms with Gasteiger partial charge in [-0.15, -0.1) is 0 Å². The summed E-state index contributed by atoms with van der Waals surface area (Å²) in [5, 5.41) is 2.76. The van der Waals surface area contributed by atoms with Crippen molar-refractivity contribution < 1.29 is 13.2 Å². The average Bonchev–Trinajstić information content (AvgIpc) is 2.55. The summed E-state index contributed by atoms with van der Waals surface area (Å²) in [5.74, 6) is -0.319. The number of pyridine rings is 1. The molecule has 0 bridgehead atoms. The van der Waals surface area contributed by atoms with Crippen LogP contribution in [0.15, 0.2) is 54.9 Å². The second-order valence-corrected chi connectivity index (χ2v) is 7.46. The van der Waals surface area contributed by atoms with Crippen LogP contribution in [0, 0.1) is 0 Å². The highest BCUT2D eigenvalue weighted by Gasteiger charge is 2.20. The molecule has 2 rings (SSSR count). The van der Waals surface area contributed by atoms with Crippen LogP contribution >= 0.6 is 0 Å². The molecule has 0 fully saturated rings. The van der Waals surface area contributed by atoms with Gasteiger partial charge in [0.05, 0.1) is 12.8 Å². The molecule has 1 N–H and O–H groups in total. The fraction of sp³-hybridized carbons (Fsp3) is 0.294. The summed E-state index contributed by atoms with van der Waals surface area (Å²) in [6.07, 6.45) is 5.00. The van der Waals surface area contributed by atoms with Crippen molar-refractivity contribution >= 4 is 15.9 Å². The van der Waals surface area contributed by atoms with Crippen LogP contribution in [-0.2, 0) is 27.8 Å². The molecule has 0 unspecified atom stereocenters. The van der Waals surface area contributed by atoms with Crippen molar-refractivity contribution in [2.24, 2.45) is 0 Å². The summed E-state index contributed by atoms with van der Waals surface area (Å²) >= 11 is 0. The van der Waals surface area contributed by atoms with Gasteiger partial charge in [0.15, 0.2) is 0 Å². The number of hydrogen-bond acceptors (Lipinski definition) is 4. The van der Waals surface area contributed by atoms with Crippen molar-refractivity contribution in [1.29, 1.82) is 0 Å². The van der Waals surface area contributed by atoms with Crippen LogP contribution in [0.4, 0.5) is 0 Å². The molecule has 0 saturated carbocycles. The van der Waals surface area contributed by atoms with Crippen LogP contribution in [0.5, 0.6) is 0 Å². The van der Waals surface area contributed by atoms with Gasteiger partial charge < -0.3 is 5.32 Å². The van der Waals surface area contributed by atoms with Crippen molar-refractivity contribution in [2.45, 2.75) is 13.0 Å². The summed E-state index contributed by atoms with van der Waals surface area (Å²) in [6.45, 7) is 0.384. The summed E-state index contributed by atoms with van der Waals surface area (Å²) in [6, 6.07) is 13.3. The molecule has 0 aliphatic carbocycles. The Morgan fingerprint density at radius 3 is 2.46 bits per heavy atom. The number of rotatable bonds is 8. The molecule has 128 valence electrons. The van der Waals surface area contributed by atoms with Gasteiger partial charge in [-0.25, -0.2) is 8.42 Å². The molecule has 2 aromatic rings. The number of carbonyl (C=O) groups is 1. The highest BCUT2D eigenvalue weighted by molar-refractivity contribution is 7.88. The van der Waals surface area contributed by atoms with E-state index >= 15 is 0 Å². The van der Waals surface area contributed by atoms with E-state index in [4.69, 9.17) is 0 Å². The number of carbonyl (C=O) groups excluding carboxylic acids is 1. The molecule has 0 spiro atoms. The van der Waals surface area contributed by atoms with E-state index in [1.54, 1.807) is 24.5 Å².